The lowest BCUT2D eigenvalue weighted by molar-refractivity contribution is -0.141. The van der Waals surface area contributed by atoms with Gasteiger partial charge in [0.25, 0.3) is 0 Å². The van der Waals surface area contributed by atoms with Gasteiger partial charge in [0.2, 0.25) is 0 Å². The lowest BCUT2D eigenvalue weighted by Crippen LogP contribution is -2.08. The van der Waals surface area contributed by atoms with Crippen molar-refractivity contribution in [3.05, 3.63) is 67.8 Å². The van der Waals surface area contributed by atoms with Crippen LogP contribution in [0.4, 0.5) is 13.2 Å². The Balaban J connectivity index is 1.63. The van der Waals surface area contributed by atoms with E-state index in [9.17, 15) is 13.2 Å². The largest absolute Gasteiger partial charge is 0.433 e. The Hall–Kier alpha value is -1.35. The van der Waals surface area contributed by atoms with Gasteiger partial charge in [0.05, 0.1) is 20.7 Å². The van der Waals surface area contributed by atoms with E-state index in [2.05, 4.69) is 15.0 Å². The van der Waals surface area contributed by atoms with E-state index in [1.807, 2.05) is 11.4 Å². The second kappa shape index (κ2) is 8.12. The van der Waals surface area contributed by atoms with Crippen LogP contribution in [-0.4, -0.2) is 15.0 Å². The van der Waals surface area contributed by atoms with Gasteiger partial charge < -0.3 is 0 Å². The number of halogens is 5. The molecule has 3 aromatic rings. The zero-order valence-corrected chi connectivity index (χ0v) is 16.1. The minimum absolute atomic E-state index is 0.0684. The van der Waals surface area contributed by atoms with Crippen LogP contribution in [0.2, 0.25) is 10.0 Å². The third kappa shape index (κ3) is 5.09. The van der Waals surface area contributed by atoms with Crippen LogP contribution in [0.5, 0.6) is 0 Å². The van der Waals surface area contributed by atoms with Gasteiger partial charge >= 0.3 is 6.18 Å². The summed E-state index contributed by atoms with van der Waals surface area (Å²) in [5, 5.41) is 3.79. The summed E-state index contributed by atoms with van der Waals surface area (Å²) in [5.41, 5.74) is 0.791. The monoisotopic (exact) mass is 435 g/mol. The maximum Gasteiger partial charge on any atom is 0.433 e. The molecule has 0 N–H and O–H groups in total. The van der Waals surface area contributed by atoms with Gasteiger partial charge in [-0.1, -0.05) is 41.0 Å². The van der Waals surface area contributed by atoms with Gasteiger partial charge in [-0.2, -0.15) is 13.2 Å². The molecule has 0 saturated carbocycles. The summed E-state index contributed by atoms with van der Waals surface area (Å²) in [6.07, 6.45) is -2.77. The molecule has 0 spiro atoms. The molecule has 0 aliphatic heterocycles. The first kappa shape index (κ1) is 19.4. The number of thioether (sulfide) groups is 1. The molecular formula is C16H10Cl2F3N3S2. The van der Waals surface area contributed by atoms with Crippen molar-refractivity contribution in [2.24, 2.45) is 0 Å². The molecule has 26 heavy (non-hydrogen) atoms. The molecule has 0 unspecified atom stereocenters. The van der Waals surface area contributed by atoms with Gasteiger partial charge in [-0.3, -0.25) is 0 Å². The molecule has 136 valence electrons. The molecule has 0 fully saturated rings. The van der Waals surface area contributed by atoms with Gasteiger partial charge in [0, 0.05) is 23.8 Å². The lowest BCUT2D eigenvalue weighted by Gasteiger charge is -2.06. The number of nitrogens with zero attached hydrogens (tertiary/aromatic N) is 3. The molecule has 3 nitrogen and oxygen atoms in total. The molecule has 0 aliphatic carbocycles. The molecule has 0 aliphatic rings. The summed E-state index contributed by atoms with van der Waals surface area (Å²) in [7, 11) is 0. The molecule has 1 aromatic carbocycles. The third-order valence-electron chi connectivity index (χ3n) is 3.21. The van der Waals surface area contributed by atoms with Crippen LogP contribution in [0.1, 0.15) is 22.0 Å². The van der Waals surface area contributed by atoms with Crippen LogP contribution in [0.25, 0.3) is 0 Å². The summed E-state index contributed by atoms with van der Waals surface area (Å²) < 4.78 is 38.0. The molecule has 0 radical (unpaired) electrons. The Bertz CT molecular complexity index is 916. The average Bonchev–Trinajstić information content (AvgIpc) is 3.03. The zero-order valence-electron chi connectivity index (χ0n) is 12.9. The number of alkyl halides is 3. The first-order valence-electron chi connectivity index (χ1n) is 7.21. The normalized spacial score (nSPS) is 11.7. The van der Waals surface area contributed by atoms with Crippen molar-refractivity contribution in [2.75, 3.05) is 0 Å². The first-order valence-corrected chi connectivity index (χ1v) is 9.83. The summed E-state index contributed by atoms with van der Waals surface area (Å²) in [6, 6.07) is 6.24. The van der Waals surface area contributed by atoms with Crippen molar-refractivity contribution in [1.29, 1.82) is 0 Å². The van der Waals surface area contributed by atoms with Gasteiger partial charge in [-0.05, 0) is 23.8 Å². The van der Waals surface area contributed by atoms with E-state index >= 15 is 0 Å². The average molecular weight is 436 g/mol. The minimum atomic E-state index is -4.48. The minimum Gasteiger partial charge on any atom is -0.245 e. The summed E-state index contributed by atoms with van der Waals surface area (Å²) >= 11 is 14.5. The highest BCUT2D eigenvalue weighted by atomic mass is 35.5. The van der Waals surface area contributed by atoms with Crippen molar-refractivity contribution >= 4 is 46.3 Å². The Labute approximate surface area is 165 Å². The second-order valence-corrected chi connectivity index (χ2v) is 7.87. The number of hydrogen-bond acceptors (Lipinski definition) is 5. The van der Waals surface area contributed by atoms with E-state index in [0.29, 0.717) is 22.2 Å². The SMILES string of the molecule is FC(F)(F)c1ccnc(SCc2csc(Cc3ccc(Cl)c(Cl)c3)n2)n1. The zero-order chi connectivity index (χ0) is 18.7. The second-order valence-electron chi connectivity index (χ2n) is 5.17. The van der Waals surface area contributed by atoms with E-state index in [4.69, 9.17) is 23.2 Å². The molecule has 2 aromatic heterocycles. The fraction of sp³-hybridized carbons (Fsp3) is 0.188. The molecule has 0 saturated heterocycles. The van der Waals surface area contributed by atoms with Crippen LogP contribution in [0.15, 0.2) is 41.0 Å². The third-order valence-corrected chi connectivity index (χ3v) is 5.74. The predicted octanol–water partition coefficient (Wildman–Crippen LogP) is 6.14. The fourth-order valence-corrected chi connectivity index (χ4v) is 4.00. The van der Waals surface area contributed by atoms with Crippen LogP contribution in [0.3, 0.4) is 0 Å². The van der Waals surface area contributed by atoms with Gasteiger partial charge in [-0.25, -0.2) is 15.0 Å². The summed E-state index contributed by atoms with van der Waals surface area (Å²) in [5.74, 6) is 0.388. The van der Waals surface area contributed by atoms with Crippen LogP contribution >= 0.6 is 46.3 Å². The van der Waals surface area contributed by atoms with Gasteiger partial charge in [0.1, 0.15) is 5.69 Å². The number of hydrogen-bond donors (Lipinski definition) is 0. The van der Waals surface area contributed by atoms with E-state index in [-0.39, 0.29) is 5.16 Å². The molecule has 0 bridgehead atoms. The number of rotatable bonds is 5. The Morgan fingerprint density at radius 3 is 2.62 bits per heavy atom. The van der Waals surface area contributed by atoms with Crippen molar-refractivity contribution in [2.45, 2.75) is 23.5 Å². The van der Waals surface area contributed by atoms with Crippen LogP contribution in [0, 0.1) is 0 Å². The quantitative estimate of drug-likeness (QED) is 0.356. The van der Waals surface area contributed by atoms with E-state index in [0.717, 1.165) is 40.3 Å². The Morgan fingerprint density at radius 1 is 1.08 bits per heavy atom. The predicted molar refractivity (Wildman–Crippen MR) is 98.0 cm³/mol. The molecule has 0 atom stereocenters. The summed E-state index contributed by atoms with van der Waals surface area (Å²) in [6.45, 7) is 0. The van der Waals surface area contributed by atoms with E-state index in [1.165, 1.54) is 11.3 Å². The number of aromatic nitrogens is 3. The van der Waals surface area contributed by atoms with Crippen LogP contribution in [-0.2, 0) is 18.3 Å². The fourth-order valence-electron chi connectivity index (χ4n) is 2.03. The topological polar surface area (TPSA) is 38.7 Å². The van der Waals surface area contributed by atoms with E-state index in [1.54, 1.807) is 12.1 Å². The highest BCUT2D eigenvalue weighted by molar-refractivity contribution is 7.98. The van der Waals surface area contributed by atoms with Gasteiger partial charge in [0.15, 0.2) is 5.16 Å². The molecule has 3 rings (SSSR count). The molecular weight excluding hydrogens is 426 g/mol. The summed E-state index contributed by atoms with van der Waals surface area (Å²) in [4.78, 5) is 11.9. The number of benzene rings is 1. The Kier molecular flexibility index (Phi) is 6.06. The lowest BCUT2D eigenvalue weighted by atomic mass is 10.2. The van der Waals surface area contributed by atoms with Crippen LogP contribution < -0.4 is 0 Å². The smallest absolute Gasteiger partial charge is 0.245 e. The molecule has 10 heteroatoms. The van der Waals surface area contributed by atoms with Crippen molar-refractivity contribution in [3.63, 3.8) is 0 Å². The maximum absolute atomic E-state index is 12.7. The number of thiazole rings is 1. The highest BCUT2D eigenvalue weighted by Crippen LogP contribution is 2.29. The first-order chi connectivity index (χ1) is 12.3. The Morgan fingerprint density at radius 2 is 1.88 bits per heavy atom. The molecule has 2 heterocycles. The maximum atomic E-state index is 12.7. The van der Waals surface area contributed by atoms with E-state index < -0.39 is 11.9 Å². The highest BCUT2D eigenvalue weighted by Gasteiger charge is 2.32. The van der Waals surface area contributed by atoms with Crippen molar-refractivity contribution < 1.29 is 13.2 Å². The van der Waals surface area contributed by atoms with Crippen molar-refractivity contribution in [1.82, 2.24) is 15.0 Å². The standard InChI is InChI=1S/C16H10Cl2F3N3S2/c17-11-2-1-9(5-12(11)18)6-14-23-10(7-25-14)8-26-15-22-4-3-13(24-15)16(19,20)21/h1-5,7H,6,8H2. The van der Waals surface area contributed by atoms with Crippen molar-refractivity contribution in [3.8, 4) is 0 Å². The van der Waals surface area contributed by atoms with Gasteiger partial charge in [-0.15, -0.1) is 11.3 Å². The molecule has 0 amide bonds.